The second-order valence-corrected chi connectivity index (χ2v) is 6.09. The Labute approximate surface area is 124 Å². The van der Waals surface area contributed by atoms with Gasteiger partial charge >= 0.3 is 0 Å². The van der Waals surface area contributed by atoms with Crippen LogP contribution in [0.3, 0.4) is 0 Å². The highest BCUT2D eigenvalue weighted by atomic mass is 35.5. The summed E-state index contributed by atoms with van der Waals surface area (Å²) in [5.74, 6) is 0. The van der Waals surface area contributed by atoms with E-state index in [9.17, 15) is 8.42 Å². The minimum absolute atomic E-state index is 0. The van der Waals surface area contributed by atoms with Gasteiger partial charge in [-0.05, 0) is 31.7 Å². The van der Waals surface area contributed by atoms with Crippen LogP contribution in [0.4, 0.5) is 0 Å². The molecule has 1 aromatic rings. The van der Waals surface area contributed by atoms with Crippen LogP contribution in [0.15, 0.2) is 17.0 Å². The van der Waals surface area contributed by atoms with Gasteiger partial charge < -0.3 is 5.32 Å². The molecular formula is C10H15Cl3N2O2S. The average molecular weight is 334 g/mol. The Morgan fingerprint density at radius 2 is 1.67 bits per heavy atom. The van der Waals surface area contributed by atoms with Crippen LogP contribution in [0.25, 0.3) is 0 Å². The maximum absolute atomic E-state index is 11.9. The van der Waals surface area contributed by atoms with Gasteiger partial charge in [-0.15, -0.1) is 12.4 Å². The Morgan fingerprint density at radius 1 is 1.17 bits per heavy atom. The van der Waals surface area contributed by atoms with E-state index in [4.69, 9.17) is 23.2 Å². The maximum atomic E-state index is 11.9. The fraction of sp³-hybridized carbons (Fsp3) is 0.400. The Kier molecular flexibility index (Phi) is 7.51. The Bertz CT molecular complexity index is 483. The Morgan fingerprint density at radius 3 is 2.11 bits per heavy atom. The van der Waals surface area contributed by atoms with Gasteiger partial charge in [0.25, 0.3) is 0 Å². The summed E-state index contributed by atoms with van der Waals surface area (Å²) < 4.78 is 26.2. The zero-order valence-corrected chi connectivity index (χ0v) is 13.1. The van der Waals surface area contributed by atoms with E-state index in [0.29, 0.717) is 28.7 Å². The molecule has 8 heteroatoms. The molecule has 0 aliphatic rings. The standard InChI is InChI=1S/C10H14Cl2N2O2S.ClH/c1-7-9(11)5-8(6-10(7)12)17(15,16)14-4-3-13-2;/h5-6,13-14H,3-4H2,1-2H3;1H. The highest BCUT2D eigenvalue weighted by Gasteiger charge is 2.16. The number of likely N-dealkylation sites (N-methyl/N-ethyl adjacent to an activating group) is 1. The number of nitrogens with one attached hydrogen (secondary N) is 2. The van der Waals surface area contributed by atoms with E-state index in [2.05, 4.69) is 10.0 Å². The molecule has 0 aliphatic carbocycles. The first-order valence-electron chi connectivity index (χ1n) is 4.98. The molecule has 0 aliphatic heterocycles. The minimum atomic E-state index is -3.55. The lowest BCUT2D eigenvalue weighted by molar-refractivity contribution is 0.579. The molecule has 0 saturated heterocycles. The molecule has 0 bridgehead atoms. The molecule has 0 saturated carbocycles. The van der Waals surface area contributed by atoms with Crippen LogP contribution in [-0.4, -0.2) is 28.6 Å². The second kappa shape index (κ2) is 7.53. The van der Waals surface area contributed by atoms with Crippen LogP contribution in [0.2, 0.25) is 10.0 Å². The first-order valence-corrected chi connectivity index (χ1v) is 7.22. The minimum Gasteiger partial charge on any atom is -0.318 e. The summed E-state index contributed by atoms with van der Waals surface area (Å²) >= 11 is 11.8. The van der Waals surface area contributed by atoms with Crippen molar-refractivity contribution in [3.8, 4) is 0 Å². The highest BCUT2D eigenvalue weighted by Crippen LogP contribution is 2.27. The van der Waals surface area contributed by atoms with Gasteiger partial charge in [-0.1, -0.05) is 23.2 Å². The van der Waals surface area contributed by atoms with E-state index in [1.54, 1.807) is 14.0 Å². The molecule has 0 amide bonds. The van der Waals surface area contributed by atoms with E-state index in [-0.39, 0.29) is 17.3 Å². The van der Waals surface area contributed by atoms with Crippen molar-refractivity contribution in [1.29, 1.82) is 0 Å². The molecule has 4 nitrogen and oxygen atoms in total. The topological polar surface area (TPSA) is 58.2 Å². The molecular weight excluding hydrogens is 319 g/mol. The number of benzene rings is 1. The summed E-state index contributed by atoms with van der Waals surface area (Å²) in [6.45, 7) is 2.59. The molecule has 2 N–H and O–H groups in total. The third-order valence-corrected chi connectivity index (χ3v) is 4.46. The summed E-state index contributed by atoms with van der Waals surface area (Å²) in [5.41, 5.74) is 0.669. The molecule has 1 rings (SSSR count). The van der Waals surface area contributed by atoms with E-state index in [1.807, 2.05) is 0 Å². The zero-order chi connectivity index (χ0) is 13.1. The number of rotatable bonds is 5. The largest absolute Gasteiger partial charge is 0.318 e. The zero-order valence-electron chi connectivity index (χ0n) is 9.96. The lowest BCUT2D eigenvalue weighted by Gasteiger charge is -2.09. The molecule has 0 aromatic heterocycles. The number of sulfonamides is 1. The van der Waals surface area contributed by atoms with E-state index in [1.165, 1.54) is 12.1 Å². The van der Waals surface area contributed by atoms with Crippen LogP contribution in [0, 0.1) is 6.92 Å². The predicted molar refractivity (Wildman–Crippen MR) is 77.6 cm³/mol. The number of hydrogen-bond acceptors (Lipinski definition) is 3. The first kappa shape index (κ1) is 18.0. The van der Waals surface area contributed by atoms with Crippen LogP contribution >= 0.6 is 35.6 Å². The van der Waals surface area contributed by atoms with Crippen molar-refractivity contribution in [3.05, 3.63) is 27.7 Å². The maximum Gasteiger partial charge on any atom is 0.240 e. The third kappa shape index (κ3) is 4.57. The molecule has 0 heterocycles. The van der Waals surface area contributed by atoms with Crippen LogP contribution in [0.5, 0.6) is 0 Å². The molecule has 1 aromatic carbocycles. The van der Waals surface area contributed by atoms with E-state index < -0.39 is 10.0 Å². The number of hydrogen-bond donors (Lipinski definition) is 2. The Hall–Kier alpha value is -0.0400. The van der Waals surface area contributed by atoms with Gasteiger partial charge in [-0.25, -0.2) is 13.1 Å². The normalized spacial score (nSPS) is 11.1. The van der Waals surface area contributed by atoms with Crippen molar-refractivity contribution >= 4 is 45.6 Å². The lowest BCUT2D eigenvalue weighted by Crippen LogP contribution is -2.30. The van der Waals surface area contributed by atoms with Gasteiger partial charge in [0.1, 0.15) is 0 Å². The highest BCUT2D eigenvalue weighted by molar-refractivity contribution is 7.89. The molecule has 0 spiro atoms. The summed E-state index contributed by atoms with van der Waals surface area (Å²) in [6.07, 6.45) is 0. The van der Waals surface area contributed by atoms with Crippen molar-refractivity contribution in [2.45, 2.75) is 11.8 Å². The lowest BCUT2D eigenvalue weighted by atomic mass is 10.2. The van der Waals surface area contributed by atoms with Crippen molar-refractivity contribution in [3.63, 3.8) is 0 Å². The van der Waals surface area contributed by atoms with Crippen molar-refractivity contribution < 1.29 is 8.42 Å². The van der Waals surface area contributed by atoms with Crippen molar-refractivity contribution in [2.75, 3.05) is 20.1 Å². The Balaban J connectivity index is 0.00000289. The van der Waals surface area contributed by atoms with E-state index >= 15 is 0 Å². The summed E-state index contributed by atoms with van der Waals surface area (Å²) in [4.78, 5) is 0.0780. The fourth-order valence-corrected chi connectivity index (χ4v) is 2.87. The van der Waals surface area contributed by atoms with Crippen LogP contribution < -0.4 is 10.0 Å². The second-order valence-electron chi connectivity index (χ2n) is 3.51. The van der Waals surface area contributed by atoms with Gasteiger partial charge in [0.05, 0.1) is 4.90 Å². The summed E-state index contributed by atoms with van der Waals surface area (Å²) in [7, 11) is -1.81. The molecule has 0 fully saturated rings. The molecule has 18 heavy (non-hydrogen) atoms. The van der Waals surface area contributed by atoms with Crippen molar-refractivity contribution in [2.24, 2.45) is 0 Å². The smallest absolute Gasteiger partial charge is 0.240 e. The van der Waals surface area contributed by atoms with Gasteiger partial charge in [0.2, 0.25) is 10.0 Å². The van der Waals surface area contributed by atoms with Gasteiger partial charge in [0, 0.05) is 23.1 Å². The van der Waals surface area contributed by atoms with Gasteiger partial charge in [-0.3, -0.25) is 0 Å². The monoisotopic (exact) mass is 332 g/mol. The predicted octanol–water partition coefficient (Wildman–Crippen LogP) is 2.22. The van der Waals surface area contributed by atoms with E-state index in [0.717, 1.165) is 0 Å². The van der Waals surface area contributed by atoms with Crippen molar-refractivity contribution in [1.82, 2.24) is 10.0 Å². The molecule has 0 radical (unpaired) electrons. The SMILES string of the molecule is CNCCNS(=O)(=O)c1cc(Cl)c(C)c(Cl)c1.Cl. The first-order chi connectivity index (χ1) is 7.88. The van der Waals surface area contributed by atoms with Crippen LogP contribution in [-0.2, 0) is 10.0 Å². The average Bonchev–Trinajstić information content (AvgIpc) is 2.25. The number of halogens is 3. The summed E-state index contributed by atoms with van der Waals surface area (Å²) in [6, 6.07) is 2.79. The van der Waals surface area contributed by atoms with Gasteiger partial charge in [0.15, 0.2) is 0 Å². The molecule has 104 valence electrons. The quantitative estimate of drug-likeness (QED) is 0.812. The third-order valence-electron chi connectivity index (χ3n) is 2.23. The summed E-state index contributed by atoms with van der Waals surface area (Å²) in [5, 5.41) is 3.52. The fourth-order valence-electron chi connectivity index (χ4n) is 1.17. The molecule has 0 unspecified atom stereocenters. The van der Waals surface area contributed by atoms with Gasteiger partial charge in [-0.2, -0.15) is 0 Å². The van der Waals surface area contributed by atoms with Crippen LogP contribution in [0.1, 0.15) is 5.56 Å². The molecule has 0 atom stereocenters.